The number of benzene rings is 2. The fourth-order valence-electron chi connectivity index (χ4n) is 1.80. The van der Waals surface area contributed by atoms with Gasteiger partial charge in [-0.1, -0.05) is 60.7 Å². The molecule has 0 aliphatic heterocycles. The Kier molecular flexibility index (Phi) is 4.39. The van der Waals surface area contributed by atoms with Crippen LogP contribution < -0.4 is 0 Å². The summed E-state index contributed by atoms with van der Waals surface area (Å²) in [6.45, 7) is 0. The summed E-state index contributed by atoms with van der Waals surface area (Å²) >= 11 is 0. The lowest BCUT2D eigenvalue weighted by atomic mass is 10.1. The average molecular weight is 267 g/mol. The summed E-state index contributed by atoms with van der Waals surface area (Å²) in [5.74, 6) is -0.260. The summed E-state index contributed by atoms with van der Waals surface area (Å²) in [5, 5.41) is 11.1. The van der Waals surface area contributed by atoms with E-state index in [2.05, 4.69) is 0 Å². The summed E-state index contributed by atoms with van der Waals surface area (Å²) in [7, 11) is 0. The van der Waals surface area contributed by atoms with Crippen LogP contribution in [-0.2, 0) is 0 Å². The molecule has 0 heterocycles. The molecular formula is C16H13NO3. The average Bonchev–Trinajstić information content (AvgIpc) is 2.48. The Morgan fingerprint density at radius 3 is 2.10 bits per heavy atom. The third-order valence-electron chi connectivity index (χ3n) is 2.80. The van der Waals surface area contributed by atoms with Gasteiger partial charge in [0, 0.05) is 11.6 Å². The Labute approximate surface area is 116 Å². The number of hydrogen-bond acceptors (Lipinski definition) is 3. The number of allylic oxidation sites excluding steroid dienone is 1. The zero-order chi connectivity index (χ0) is 14.4. The van der Waals surface area contributed by atoms with Crippen LogP contribution in [0.1, 0.15) is 22.3 Å². The van der Waals surface area contributed by atoms with Crippen molar-refractivity contribution in [3.05, 3.63) is 87.6 Å². The molecule has 0 aliphatic rings. The molecule has 0 saturated carbocycles. The van der Waals surface area contributed by atoms with Gasteiger partial charge in [-0.05, 0) is 5.56 Å². The zero-order valence-electron chi connectivity index (χ0n) is 10.7. The van der Waals surface area contributed by atoms with Gasteiger partial charge < -0.3 is 0 Å². The normalized spacial score (nSPS) is 11.1. The topological polar surface area (TPSA) is 60.2 Å². The Morgan fingerprint density at radius 1 is 1.00 bits per heavy atom. The molecule has 4 nitrogen and oxygen atoms in total. The van der Waals surface area contributed by atoms with Gasteiger partial charge in [0.15, 0.2) is 5.78 Å². The van der Waals surface area contributed by atoms with Crippen LogP contribution in [0.4, 0.5) is 0 Å². The van der Waals surface area contributed by atoms with Gasteiger partial charge in [0.05, 0.1) is 4.92 Å². The summed E-state index contributed by atoms with van der Waals surface area (Å²) in [4.78, 5) is 22.6. The quantitative estimate of drug-likeness (QED) is 0.472. The van der Waals surface area contributed by atoms with E-state index in [4.69, 9.17) is 0 Å². The molecule has 0 unspecified atom stereocenters. The van der Waals surface area contributed by atoms with Gasteiger partial charge >= 0.3 is 0 Å². The molecule has 2 rings (SSSR count). The molecule has 0 radical (unpaired) electrons. The highest BCUT2D eigenvalue weighted by Gasteiger charge is 2.17. The maximum Gasteiger partial charge on any atom is 0.254 e. The lowest BCUT2D eigenvalue weighted by Crippen LogP contribution is -2.07. The van der Waals surface area contributed by atoms with E-state index >= 15 is 0 Å². The molecule has 20 heavy (non-hydrogen) atoms. The standard InChI is InChI=1S/C16H13NO3/c18-16(14-9-5-2-6-10-14)12-15(17(19)20)11-13-7-3-1-4-8-13/h1-11H,12H2/b15-11-. The van der Waals surface area contributed by atoms with Crippen molar-refractivity contribution in [2.75, 3.05) is 0 Å². The molecule has 0 spiro atoms. The van der Waals surface area contributed by atoms with Gasteiger partial charge in [-0.25, -0.2) is 0 Å². The van der Waals surface area contributed by atoms with E-state index in [-0.39, 0.29) is 17.9 Å². The zero-order valence-corrected chi connectivity index (χ0v) is 10.7. The van der Waals surface area contributed by atoms with Crippen LogP contribution in [0.5, 0.6) is 0 Å². The lowest BCUT2D eigenvalue weighted by Gasteiger charge is -2.00. The second-order valence-electron chi connectivity index (χ2n) is 4.27. The van der Waals surface area contributed by atoms with Crippen molar-refractivity contribution in [2.24, 2.45) is 0 Å². The minimum Gasteiger partial charge on any atom is -0.294 e. The van der Waals surface area contributed by atoms with Crippen molar-refractivity contribution in [1.29, 1.82) is 0 Å². The third kappa shape index (κ3) is 3.62. The number of nitrogens with zero attached hydrogens (tertiary/aromatic N) is 1. The second kappa shape index (κ2) is 6.43. The summed E-state index contributed by atoms with van der Waals surface area (Å²) in [5.41, 5.74) is 1.08. The second-order valence-corrected chi connectivity index (χ2v) is 4.27. The number of ketones is 1. The molecular weight excluding hydrogens is 254 g/mol. The lowest BCUT2D eigenvalue weighted by molar-refractivity contribution is -0.424. The summed E-state index contributed by atoms with van der Waals surface area (Å²) in [6.07, 6.45) is 1.22. The fraction of sp³-hybridized carbons (Fsp3) is 0.0625. The Balaban J connectivity index is 2.21. The predicted molar refractivity (Wildman–Crippen MR) is 76.8 cm³/mol. The molecule has 0 N–H and O–H groups in total. The van der Waals surface area contributed by atoms with E-state index in [9.17, 15) is 14.9 Å². The van der Waals surface area contributed by atoms with Crippen LogP contribution in [0, 0.1) is 10.1 Å². The van der Waals surface area contributed by atoms with Crippen molar-refractivity contribution in [3.8, 4) is 0 Å². The van der Waals surface area contributed by atoms with Gasteiger partial charge in [0.1, 0.15) is 6.42 Å². The molecule has 0 fully saturated rings. The maximum absolute atomic E-state index is 12.0. The number of carbonyl (C=O) groups is 1. The molecule has 0 atom stereocenters. The Bertz CT molecular complexity index is 633. The van der Waals surface area contributed by atoms with Crippen LogP contribution in [0.2, 0.25) is 0 Å². The fourth-order valence-corrected chi connectivity index (χ4v) is 1.80. The molecule has 0 saturated heterocycles. The Hall–Kier alpha value is -2.75. The van der Waals surface area contributed by atoms with Crippen molar-refractivity contribution in [2.45, 2.75) is 6.42 Å². The molecule has 0 amide bonds. The smallest absolute Gasteiger partial charge is 0.254 e. The first-order valence-electron chi connectivity index (χ1n) is 6.15. The first kappa shape index (κ1) is 13.7. The number of carbonyl (C=O) groups excluding carboxylic acids is 1. The van der Waals surface area contributed by atoms with Crippen LogP contribution in [-0.4, -0.2) is 10.7 Å². The van der Waals surface area contributed by atoms with E-state index in [1.807, 2.05) is 6.07 Å². The van der Waals surface area contributed by atoms with Gasteiger partial charge in [-0.3, -0.25) is 14.9 Å². The van der Waals surface area contributed by atoms with Crippen molar-refractivity contribution in [3.63, 3.8) is 0 Å². The minimum atomic E-state index is -0.506. The molecule has 100 valence electrons. The molecule has 0 bridgehead atoms. The largest absolute Gasteiger partial charge is 0.294 e. The van der Waals surface area contributed by atoms with Gasteiger partial charge in [-0.15, -0.1) is 0 Å². The monoisotopic (exact) mass is 267 g/mol. The van der Waals surface area contributed by atoms with Crippen LogP contribution in [0.3, 0.4) is 0 Å². The maximum atomic E-state index is 12.0. The first-order chi connectivity index (χ1) is 9.66. The number of rotatable bonds is 5. The number of Topliss-reactive ketones (excluding diaryl/α,β-unsaturated/α-hetero) is 1. The van der Waals surface area contributed by atoms with E-state index in [1.165, 1.54) is 6.08 Å². The van der Waals surface area contributed by atoms with Crippen molar-refractivity contribution in [1.82, 2.24) is 0 Å². The predicted octanol–water partition coefficient (Wildman–Crippen LogP) is 3.58. The van der Waals surface area contributed by atoms with E-state index < -0.39 is 4.92 Å². The first-order valence-corrected chi connectivity index (χ1v) is 6.15. The van der Waals surface area contributed by atoms with Gasteiger partial charge in [-0.2, -0.15) is 0 Å². The Morgan fingerprint density at radius 2 is 1.55 bits per heavy atom. The molecule has 0 aliphatic carbocycles. The molecule has 2 aromatic rings. The minimum absolute atomic E-state index is 0.106. The third-order valence-corrected chi connectivity index (χ3v) is 2.80. The highest BCUT2D eigenvalue weighted by atomic mass is 16.6. The molecule has 0 aromatic heterocycles. The SMILES string of the molecule is O=C(C/C(=C/c1ccccc1)[N+](=O)[O-])c1ccccc1. The van der Waals surface area contributed by atoms with E-state index in [0.29, 0.717) is 11.1 Å². The van der Waals surface area contributed by atoms with Crippen LogP contribution in [0.25, 0.3) is 6.08 Å². The van der Waals surface area contributed by atoms with Crippen LogP contribution >= 0.6 is 0 Å². The van der Waals surface area contributed by atoms with E-state index in [0.717, 1.165) is 0 Å². The highest BCUT2D eigenvalue weighted by Crippen LogP contribution is 2.14. The summed E-state index contributed by atoms with van der Waals surface area (Å²) in [6, 6.07) is 17.5. The molecule has 2 aromatic carbocycles. The number of hydrogen-bond donors (Lipinski definition) is 0. The van der Waals surface area contributed by atoms with E-state index in [1.54, 1.807) is 54.6 Å². The van der Waals surface area contributed by atoms with Gasteiger partial charge in [0.25, 0.3) is 5.70 Å². The van der Waals surface area contributed by atoms with Crippen molar-refractivity contribution >= 4 is 11.9 Å². The molecule has 4 heteroatoms. The van der Waals surface area contributed by atoms with Crippen LogP contribution in [0.15, 0.2) is 66.4 Å². The van der Waals surface area contributed by atoms with Crippen molar-refractivity contribution < 1.29 is 9.72 Å². The highest BCUT2D eigenvalue weighted by molar-refractivity contribution is 5.97. The number of nitro groups is 1. The van der Waals surface area contributed by atoms with Gasteiger partial charge in [0.2, 0.25) is 0 Å². The summed E-state index contributed by atoms with van der Waals surface area (Å²) < 4.78 is 0.